The topological polar surface area (TPSA) is 89.7 Å². The van der Waals surface area contributed by atoms with Gasteiger partial charge in [0.25, 0.3) is 5.91 Å². The van der Waals surface area contributed by atoms with Crippen LogP contribution in [-0.4, -0.2) is 42.4 Å². The smallest absolute Gasteiger partial charge is 0.310 e. The van der Waals surface area contributed by atoms with Gasteiger partial charge in [-0.3, -0.25) is 14.4 Å². The van der Waals surface area contributed by atoms with Crippen LogP contribution in [0.4, 0.5) is 4.39 Å². The van der Waals surface area contributed by atoms with Crippen LogP contribution in [0.15, 0.2) is 24.3 Å². The third-order valence-electron chi connectivity index (χ3n) is 3.79. The molecule has 1 atom stereocenters. The number of nitrogens with two attached hydrogens (primary N) is 1. The summed E-state index contributed by atoms with van der Waals surface area (Å²) in [4.78, 5) is 36.4. The number of halogens is 1. The largest absolute Gasteiger partial charge is 0.455 e. The van der Waals surface area contributed by atoms with Crippen molar-refractivity contribution >= 4 is 17.8 Å². The van der Waals surface area contributed by atoms with Gasteiger partial charge in [0.1, 0.15) is 5.82 Å². The number of hydrogen-bond donors (Lipinski definition) is 1. The van der Waals surface area contributed by atoms with Crippen molar-refractivity contribution in [3.63, 3.8) is 0 Å². The molecule has 1 heterocycles. The number of nitrogens with zero attached hydrogens (tertiary/aromatic N) is 1. The molecular weight excluding hydrogens is 303 g/mol. The molecule has 124 valence electrons. The Morgan fingerprint density at radius 1 is 1.26 bits per heavy atom. The molecule has 1 aromatic carbocycles. The molecule has 2 N–H and O–H groups in total. The summed E-state index contributed by atoms with van der Waals surface area (Å²) in [6.45, 7) is 0.424. The number of primary amides is 1. The van der Waals surface area contributed by atoms with E-state index in [1.807, 2.05) is 0 Å². The Morgan fingerprint density at radius 3 is 2.61 bits per heavy atom. The number of hydrogen-bond acceptors (Lipinski definition) is 4. The Hall–Kier alpha value is -2.44. The van der Waals surface area contributed by atoms with E-state index in [4.69, 9.17) is 10.5 Å². The molecule has 2 amide bonds. The predicted octanol–water partition coefficient (Wildman–Crippen LogP) is 0.635. The van der Waals surface area contributed by atoms with Crippen molar-refractivity contribution in [3.05, 3.63) is 35.6 Å². The lowest BCUT2D eigenvalue weighted by Gasteiger charge is -2.31. The molecule has 0 aliphatic carbocycles. The van der Waals surface area contributed by atoms with E-state index < -0.39 is 11.9 Å². The summed E-state index contributed by atoms with van der Waals surface area (Å²) in [5, 5.41) is 0. The lowest BCUT2D eigenvalue weighted by molar-refractivity contribution is -0.152. The van der Waals surface area contributed by atoms with Gasteiger partial charge < -0.3 is 15.4 Å². The Kier molecular flexibility index (Phi) is 5.67. The zero-order valence-corrected chi connectivity index (χ0v) is 12.7. The van der Waals surface area contributed by atoms with E-state index in [-0.39, 0.29) is 37.2 Å². The molecule has 0 unspecified atom stereocenters. The molecule has 1 fully saturated rings. The van der Waals surface area contributed by atoms with E-state index >= 15 is 0 Å². The van der Waals surface area contributed by atoms with E-state index in [0.717, 1.165) is 0 Å². The highest BCUT2D eigenvalue weighted by Gasteiger charge is 2.27. The van der Waals surface area contributed by atoms with E-state index in [1.165, 1.54) is 29.2 Å². The van der Waals surface area contributed by atoms with Gasteiger partial charge in [-0.2, -0.15) is 0 Å². The van der Waals surface area contributed by atoms with Crippen LogP contribution in [-0.2, 0) is 25.5 Å². The number of esters is 1. The van der Waals surface area contributed by atoms with Gasteiger partial charge in [-0.1, -0.05) is 12.1 Å². The van der Waals surface area contributed by atoms with Gasteiger partial charge in [0.15, 0.2) is 6.61 Å². The zero-order chi connectivity index (χ0) is 16.8. The maximum atomic E-state index is 12.8. The first kappa shape index (κ1) is 16.9. The molecule has 0 saturated carbocycles. The fraction of sp³-hybridized carbons (Fsp3) is 0.438. The molecule has 1 aliphatic heterocycles. The second-order valence-electron chi connectivity index (χ2n) is 5.55. The third-order valence-corrected chi connectivity index (χ3v) is 3.79. The maximum Gasteiger partial charge on any atom is 0.310 e. The van der Waals surface area contributed by atoms with Crippen molar-refractivity contribution in [2.75, 3.05) is 19.7 Å². The van der Waals surface area contributed by atoms with Crippen molar-refractivity contribution in [2.24, 2.45) is 11.7 Å². The minimum Gasteiger partial charge on any atom is -0.455 e. The number of amides is 2. The van der Waals surface area contributed by atoms with Gasteiger partial charge in [0.2, 0.25) is 5.91 Å². The summed E-state index contributed by atoms with van der Waals surface area (Å²) in [5.74, 6) is -2.05. The molecule has 1 aromatic rings. The van der Waals surface area contributed by atoms with E-state index in [0.29, 0.717) is 24.9 Å². The molecule has 6 nitrogen and oxygen atoms in total. The Balaban J connectivity index is 1.78. The monoisotopic (exact) mass is 322 g/mol. The van der Waals surface area contributed by atoms with Gasteiger partial charge in [-0.05, 0) is 30.5 Å². The number of carbonyl (C=O) groups excluding carboxylic acids is 3. The van der Waals surface area contributed by atoms with E-state index in [9.17, 15) is 18.8 Å². The van der Waals surface area contributed by atoms with Crippen LogP contribution in [0.2, 0.25) is 0 Å². The second-order valence-corrected chi connectivity index (χ2v) is 5.55. The summed E-state index contributed by atoms with van der Waals surface area (Å²) in [6.07, 6.45) is 1.34. The number of carbonyl (C=O) groups is 3. The summed E-state index contributed by atoms with van der Waals surface area (Å²) >= 11 is 0. The van der Waals surface area contributed by atoms with Gasteiger partial charge in [-0.25, -0.2) is 4.39 Å². The van der Waals surface area contributed by atoms with Crippen molar-refractivity contribution in [2.45, 2.75) is 19.3 Å². The van der Waals surface area contributed by atoms with Gasteiger partial charge in [-0.15, -0.1) is 0 Å². The van der Waals surface area contributed by atoms with Crippen molar-refractivity contribution < 1.29 is 23.5 Å². The summed E-state index contributed by atoms with van der Waals surface area (Å²) in [6, 6.07) is 5.48. The molecule has 0 bridgehead atoms. The van der Waals surface area contributed by atoms with Gasteiger partial charge in [0, 0.05) is 13.1 Å². The Labute approximate surface area is 133 Å². The van der Waals surface area contributed by atoms with Crippen molar-refractivity contribution in [3.8, 4) is 0 Å². The van der Waals surface area contributed by atoms with Crippen LogP contribution < -0.4 is 5.73 Å². The second kappa shape index (κ2) is 7.71. The highest BCUT2D eigenvalue weighted by molar-refractivity contribution is 5.83. The zero-order valence-electron chi connectivity index (χ0n) is 12.7. The highest BCUT2D eigenvalue weighted by Crippen LogP contribution is 2.16. The first-order valence-corrected chi connectivity index (χ1v) is 7.43. The highest BCUT2D eigenvalue weighted by atomic mass is 19.1. The first-order chi connectivity index (χ1) is 11.0. The third kappa shape index (κ3) is 5.05. The van der Waals surface area contributed by atoms with Crippen LogP contribution in [0.3, 0.4) is 0 Å². The number of ether oxygens (including phenoxy) is 1. The molecule has 2 rings (SSSR count). The van der Waals surface area contributed by atoms with Crippen LogP contribution in [0.25, 0.3) is 0 Å². The van der Waals surface area contributed by atoms with Crippen molar-refractivity contribution in [1.29, 1.82) is 0 Å². The van der Waals surface area contributed by atoms with Crippen LogP contribution in [0.5, 0.6) is 0 Å². The quantitative estimate of drug-likeness (QED) is 0.805. The number of likely N-dealkylation sites (tertiary alicyclic amines) is 1. The maximum absolute atomic E-state index is 12.8. The van der Waals surface area contributed by atoms with Gasteiger partial charge in [0.05, 0.1) is 12.3 Å². The molecule has 7 heteroatoms. The predicted molar refractivity (Wildman–Crippen MR) is 79.6 cm³/mol. The lowest BCUT2D eigenvalue weighted by atomic mass is 9.97. The summed E-state index contributed by atoms with van der Waals surface area (Å²) in [7, 11) is 0. The normalized spacial score (nSPS) is 17.6. The fourth-order valence-electron chi connectivity index (χ4n) is 2.49. The summed E-state index contributed by atoms with van der Waals surface area (Å²) < 4.78 is 17.7. The molecule has 0 radical (unpaired) electrons. The van der Waals surface area contributed by atoms with Crippen LogP contribution in [0.1, 0.15) is 18.4 Å². The molecular formula is C16H19FN2O4. The molecule has 0 spiro atoms. The van der Waals surface area contributed by atoms with E-state index in [2.05, 4.69) is 0 Å². The minimum absolute atomic E-state index is 0.0303. The van der Waals surface area contributed by atoms with Crippen LogP contribution in [0, 0.1) is 11.7 Å². The standard InChI is InChI=1S/C16H19FN2O4/c17-13-5-3-11(4-6-13)8-15(21)23-10-14(20)19-7-1-2-12(9-19)16(18)22/h3-6,12H,1-2,7-10H2,(H2,18,22)/t12-/m1/s1. The lowest BCUT2D eigenvalue weighted by Crippen LogP contribution is -2.45. The van der Waals surface area contributed by atoms with E-state index in [1.54, 1.807) is 0 Å². The molecule has 1 aliphatic rings. The molecule has 1 saturated heterocycles. The minimum atomic E-state index is -0.562. The first-order valence-electron chi connectivity index (χ1n) is 7.43. The van der Waals surface area contributed by atoms with Gasteiger partial charge >= 0.3 is 5.97 Å². The van der Waals surface area contributed by atoms with Crippen LogP contribution >= 0.6 is 0 Å². The average molecular weight is 322 g/mol. The summed E-state index contributed by atoms with van der Waals surface area (Å²) in [5.41, 5.74) is 5.87. The number of piperidine rings is 1. The fourth-order valence-corrected chi connectivity index (χ4v) is 2.49. The number of rotatable bonds is 5. The molecule has 23 heavy (non-hydrogen) atoms. The SMILES string of the molecule is NC(=O)[C@@H]1CCCN(C(=O)COC(=O)Cc2ccc(F)cc2)C1. The number of benzene rings is 1. The average Bonchev–Trinajstić information content (AvgIpc) is 2.55. The van der Waals surface area contributed by atoms with Crippen molar-refractivity contribution in [1.82, 2.24) is 4.90 Å². The molecule has 0 aromatic heterocycles. The Morgan fingerprint density at radius 2 is 1.96 bits per heavy atom. The Bertz CT molecular complexity index is 588.